The number of nitrogens with zero attached hydrogens (tertiary/aromatic N) is 1. The molecule has 1 aromatic heterocycles. The van der Waals surface area contributed by atoms with Gasteiger partial charge >= 0.3 is 0 Å². The molecule has 0 fully saturated rings. The number of nitrogens with two attached hydrogens (primary N) is 1. The van der Waals surface area contributed by atoms with Gasteiger partial charge < -0.3 is 5.73 Å². The number of amides is 1. The standard InChI is InChI=1S/C8H8N2O2/c1-5-2-3-6(4-10-5)7(11)8(9)12/h2-4H,1H3,(H2,9,12). The summed E-state index contributed by atoms with van der Waals surface area (Å²) in [6.07, 6.45) is 1.34. The lowest BCUT2D eigenvalue weighted by Gasteiger charge is -1.95. The first-order valence-corrected chi connectivity index (χ1v) is 3.38. The molecule has 0 bridgehead atoms. The van der Waals surface area contributed by atoms with Crippen LogP contribution in [0.25, 0.3) is 0 Å². The number of aromatic nitrogens is 1. The molecule has 62 valence electrons. The van der Waals surface area contributed by atoms with Crippen molar-refractivity contribution in [2.75, 3.05) is 0 Å². The highest BCUT2D eigenvalue weighted by atomic mass is 16.2. The van der Waals surface area contributed by atoms with Crippen molar-refractivity contribution in [2.24, 2.45) is 5.73 Å². The van der Waals surface area contributed by atoms with E-state index < -0.39 is 11.7 Å². The summed E-state index contributed by atoms with van der Waals surface area (Å²) in [6, 6.07) is 3.17. The molecule has 4 nitrogen and oxygen atoms in total. The minimum Gasteiger partial charge on any atom is -0.363 e. The monoisotopic (exact) mass is 164 g/mol. The van der Waals surface area contributed by atoms with Gasteiger partial charge in [-0.3, -0.25) is 14.6 Å². The fraction of sp³-hybridized carbons (Fsp3) is 0.125. The molecule has 1 amide bonds. The number of Topliss-reactive ketones (excluding diaryl/α,β-unsaturated/α-hetero) is 1. The van der Waals surface area contributed by atoms with Crippen molar-refractivity contribution in [3.05, 3.63) is 29.6 Å². The predicted molar refractivity (Wildman–Crippen MR) is 42.5 cm³/mol. The lowest BCUT2D eigenvalue weighted by molar-refractivity contribution is -0.114. The molecule has 0 unspecified atom stereocenters. The third-order valence-electron chi connectivity index (χ3n) is 1.40. The van der Waals surface area contributed by atoms with Crippen LogP contribution < -0.4 is 5.73 Å². The van der Waals surface area contributed by atoms with E-state index in [1.807, 2.05) is 0 Å². The summed E-state index contributed by atoms with van der Waals surface area (Å²) in [5.74, 6) is -1.66. The first kappa shape index (κ1) is 8.39. The molecule has 1 aromatic rings. The number of carbonyl (C=O) groups is 2. The number of ketones is 1. The number of hydrogen-bond acceptors (Lipinski definition) is 3. The Labute approximate surface area is 69.4 Å². The molecule has 2 N–H and O–H groups in total. The van der Waals surface area contributed by atoms with Gasteiger partial charge in [-0.25, -0.2) is 0 Å². The highest BCUT2D eigenvalue weighted by molar-refractivity contribution is 6.42. The zero-order valence-corrected chi connectivity index (χ0v) is 6.57. The van der Waals surface area contributed by atoms with Gasteiger partial charge in [0.05, 0.1) is 0 Å². The van der Waals surface area contributed by atoms with Crippen LogP contribution in [0.15, 0.2) is 18.3 Å². The third-order valence-corrected chi connectivity index (χ3v) is 1.40. The van der Waals surface area contributed by atoms with Crippen molar-refractivity contribution in [1.82, 2.24) is 4.98 Å². The molecule has 0 aliphatic carbocycles. The molecular formula is C8H8N2O2. The van der Waals surface area contributed by atoms with E-state index in [9.17, 15) is 9.59 Å². The van der Waals surface area contributed by atoms with Gasteiger partial charge in [-0.1, -0.05) is 0 Å². The van der Waals surface area contributed by atoms with E-state index >= 15 is 0 Å². The van der Waals surface area contributed by atoms with Crippen molar-refractivity contribution in [3.63, 3.8) is 0 Å². The molecule has 0 spiro atoms. The fourth-order valence-electron chi connectivity index (χ4n) is 0.744. The molecule has 0 atom stereocenters. The molecule has 0 saturated carbocycles. The molecule has 0 radical (unpaired) electrons. The zero-order chi connectivity index (χ0) is 9.14. The quantitative estimate of drug-likeness (QED) is 0.496. The van der Waals surface area contributed by atoms with Crippen molar-refractivity contribution >= 4 is 11.7 Å². The molecule has 0 aliphatic heterocycles. The van der Waals surface area contributed by atoms with E-state index in [0.717, 1.165) is 5.69 Å². The van der Waals surface area contributed by atoms with E-state index in [2.05, 4.69) is 4.98 Å². The summed E-state index contributed by atoms with van der Waals surface area (Å²) in [6.45, 7) is 1.79. The average molecular weight is 164 g/mol. The fourth-order valence-corrected chi connectivity index (χ4v) is 0.744. The summed E-state index contributed by atoms with van der Waals surface area (Å²) in [7, 11) is 0. The first-order chi connectivity index (χ1) is 5.61. The number of primary amides is 1. The minimum atomic E-state index is -0.958. The largest absolute Gasteiger partial charge is 0.363 e. The molecule has 4 heteroatoms. The van der Waals surface area contributed by atoms with E-state index in [0.29, 0.717) is 0 Å². The number of pyridine rings is 1. The summed E-state index contributed by atoms with van der Waals surface area (Å²) >= 11 is 0. The molecule has 12 heavy (non-hydrogen) atoms. The summed E-state index contributed by atoms with van der Waals surface area (Å²) < 4.78 is 0. The van der Waals surface area contributed by atoms with Crippen LogP contribution in [0.2, 0.25) is 0 Å². The van der Waals surface area contributed by atoms with Crippen LogP contribution in [0.4, 0.5) is 0 Å². The zero-order valence-electron chi connectivity index (χ0n) is 6.57. The Morgan fingerprint density at radius 3 is 2.50 bits per heavy atom. The number of aryl methyl sites for hydroxylation is 1. The Balaban J connectivity index is 2.98. The Kier molecular flexibility index (Phi) is 2.19. The highest BCUT2D eigenvalue weighted by Gasteiger charge is 2.11. The maximum absolute atomic E-state index is 10.9. The average Bonchev–Trinajstić information content (AvgIpc) is 2.04. The molecule has 1 heterocycles. The van der Waals surface area contributed by atoms with Crippen molar-refractivity contribution in [2.45, 2.75) is 6.92 Å². The topological polar surface area (TPSA) is 73.1 Å². The number of carbonyl (C=O) groups excluding carboxylic acids is 2. The number of rotatable bonds is 2. The van der Waals surface area contributed by atoms with Gasteiger partial charge in [0.2, 0.25) is 0 Å². The second-order valence-corrected chi connectivity index (χ2v) is 2.38. The summed E-state index contributed by atoms with van der Waals surface area (Å²) in [5, 5.41) is 0. The summed E-state index contributed by atoms with van der Waals surface area (Å²) in [4.78, 5) is 25.2. The second-order valence-electron chi connectivity index (χ2n) is 2.38. The summed E-state index contributed by atoms with van der Waals surface area (Å²) in [5.41, 5.74) is 5.81. The van der Waals surface area contributed by atoms with Crippen molar-refractivity contribution in [1.29, 1.82) is 0 Å². The van der Waals surface area contributed by atoms with Gasteiger partial charge in [0.25, 0.3) is 11.7 Å². The van der Waals surface area contributed by atoms with Crippen LogP contribution in [-0.2, 0) is 4.79 Å². The normalized spacial score (nSPS) is 9.42. The van der Waals surface area contributed by atoms with Gasteiger partial charge in [-0.2, -0.15) is 0 Å². The molecule has 0 aliphatic rings. The van der Waals surface area contributed by atoms with Crippen LogP contribution in [0.3, 0.4) is 0 Å². The van der Waals surface area contributed by atoms with Crippen LogP contribution in [0, 0.1) is 6.92 Å². The molecule has 1 rings (SSSR count). The highest BCUT2D eigenvalue weighted by Crippen LogP contribution is 1.99. The predicted octanol–water partition coefficient (Wildman–Crippen LogP) is 0.0580. The molecule has 0 saturated heterocycles. The van der Waals surface area contributed by atoms with Gasteiger partial charge in [0, 0.05) is 17.5 Å². The Bertz CT molecular complexity index is 316. The van der Waals surface area contributed by atoms with Gasteiger partial charge in [-0.05, 0) is 19.1 Å². The second kappa shape index (κ2) is 3.13. The van der Waals surface area contributed by atoms with E-state index in [-0.39, 0.29) is 5.56 Å². The lowest BCUT2D eigenvalue weighted by atomic mass is 10.2. The smallest absolute Gasteiger partial charge is 0.289 e. The van der Waals surface area contributed by atoms with E-state index in [4.69, 9.17) is 5.73 Å². The Hall–Kier alpha value is -1.71. The van der Waals surface area contributed by atoms with Crippen LogP contribution in [0.1, 0.15) is 16.1 Å². The maximum atomic E-state index is 10.9. The first-order valence-electron chi connectivity index (χ1n) is 3.38. The van der Waals surface area contributed by atoms with Gasteiger partial charge in [0.15, 0.2) is 0 Å². The van der Waals surface area contributed by atoms with Crippen LogP contribution in [-0.4, -0.2) is 16.7 Å². The van der Waals surface area contributed by atoms with E-state index in [1.54, 1.807) is 13.0 Å². The van der Waals surface area contributed by atoms with Crippen molar-refractivity contribution < 1.29 is 9.59 Å². The maximum Gasteiger partial charge on any atom is 0.289 e. The Morgan fingerprint density at radius 2 is 2.08 bits per heavy atom. The molecular weight excluding hydrogens is 156 g/mol. The third kappa shape index (κ3) is 1.66. The van der Waals surface area contributed by atoms with Crippen molar-refractivity contribution in [3.8, 4) is 0 Å². The SMILES string of the molecule is Cc1ccc(C(=O)C(N)=O)cn1. The van der Waals surface area contributed by atoms with Crippen LogP contribution >= 0.6 is 0 Å². The van der Waals surface area contributed by atoms with Crippen LogP contribution in [0.5, 0.6) is 0 Å². The van der Waals surface area contributed by atoms with E-state index in [1.165, 1.54) is 12.3 Å². The lowest BCUT2D eigenvalue weighted by Crippen LogP contribution is -2.23. The minimum absolute atomic E-state index is 0.230. The van der Waals surface area contributed by atoms with Gasteiger partial charge in [0.1, 0.15) is 0 Å². The molecule has 0 aromatic carbocycles. The number of hydrogen-bond donors (Lipinski definition) is 1. The Morgan fingerprint density at radius 1 is 1.42 bits per heavy atom. The van der Waals surface area contributed by atoms with Gasteiger partial charge in [-0.15, -0.1) is 0 Å².